The fraction of sp³-hybridized carbons (Fsp3) is 0.125. The summed E-state index contributed by atoms with van der Waals surface area (Å²) < 4.78 is 8.67. The molecule has 2 aromatic heterocycles. The molecule has 4 nitrogen and oxygen atoms in total. The zero-order valence-electron chi connectivity index (χ0n) is 20.4. The third-order valence-corrected chi connectivity index (χ3v) is 7.46. The second kappa shape index (κ2) is 7.79. The van der Waals surface area contributed by atoms with Crippen LogP contribution < -0.4 is 5.73 Å². The minimum absolute atomic E-state index is 0.151. The highest BCUT2D eigenvalue weighted by Crippen LogP contribution is 2.44. The molecule has 0 aliphatic heterocycles. The Morgan fingerprint density at radius 1 is 0.778 bits per heavy atom. The van der Waals surface area contributed by atoms with E-state index in [1.54, 1.807) is 0 Å². The van der Waals surface area contributed by atoms with Crippen molar-refractivity contribution in [2.45, 2.75) is 12.5 Å². The molecule has 4 heteroatoms. The number of benzene rings is 4. The van der Waals surface area contributed by atoms with Crippen LogP contribution >= 0.6 is 0 Å². The third-order valence-electron chi connectivity index (χ3n) is 7.46. The molecule has 176 valence electrons. The highest BCUT2D eigenvalue weighted by Gasteiger charge is 2.27. The topological polar surface area (TPSA) is 47.3 Å². The molecule has 4 aromatic carbocycles. The maximum atomic E-state index is 6.14. The number of furan rings is 1. The predicted molar refractivity (Wildman–Crippen MR) is 151 cm³/mol. The average Bonchev–Trinajstić information content (AvgIpc) is 3.43. The molecule has 1 aliphatic rings. The standard InChI is InChI=1S/C32H27N3O/c1-34(2)28-12-7-13-29(35-26-10-5-3-8-22(26)23-9-4-6-11-27(23)35)32(28)20-14-16-30-24(18-20)25-19-21(33)15-17-31(25)36-30/h3-12,14-19,29H,13,33H2,1-2H3. The van der Waals surface area contributed by atoms with Gasteiger partial charge in [0.2, 0.25) is 0 Å². The smallest absolute Gasteiger partial charge is 0.135 e. The summed E-state index contributed by atoms with van der Waals surface area (Å²) in [4.78, 5) is 2.22. The van der Waals surface area contributed by atoms with Crippen LogP contribution in [0.1, 0.15) is 18.0 Å². The lowest BCUT2D eigenvalue weighted by Crippen LogP contribution is -2.20. The minimum Gasteiger partial charge on any atom is -0.456 e. The molecule has 1 atom stereocenters. The van der Waals surface area contributed by atoms with E-state index >= 15 is 0 Å². The number of rotatable bonds is 3. The summed E-state index contributed by atoms with van der Waals surface area (Å²) in [6.07, 6.45) is 5.49. The predicted octanol–water partition coefficient (Wildman–Crippen LogP) is 7.75. The van der Waals surface area contributed by atoms with Crippen LogP contribution in [0.3, 0.4) is 0 Å². The van der Waals surface area contributed by atoms with E-state index in [1.165, 1.54) is 38.6 Å². The molecule has 2 N–H and O–H groups in total. The van der Waals surface area contributed by atoms with E-state index in [0.717, 1.165) is 34.0 Å². The van der Waals surface area contributed by atoms with Crippen molar-refractivity contribution in [1.29, 1.82) is 0 Å². The summed E-state index contributed by atoms with van der Waals surface area (Å²) in [5, 5.41) is 4.73. The van der Waals surface area contributed by atoms with E-state index in [4.69, 9.17) is 10.2 Å². The molecule has 0 saturated carbocycles. The van der Waals surface area contributed by atoms with E-state index in [0.29, 0.717) is 0 Å². The number of likely N-dealkylation sites (N-methyl/N-ethyl adjacent to an activating group) is 1. The van der Waals surface area contributed by atoms with Gasteiger partial charge < -0.3 is 19.6 Å². The summed E-state index contributed by atoms with van der Waals surface area (Å²) in [6.45, 7) is 0. The van der Waals surface area contributed by atoms with Gasteiger partial charge in [0.05, 0.1) is 6.04 Å². The van der Waals surface area contributed by atoms with Crippen LogP contribution in [0.5, 0.6) is 0 Å². The Kier molecular flexibility index (Phi) is 4.52. The fourth-order valence-electron chi connectivity index (χ4n) is 5.90. The van der Waals surface area contributed by atoms with Gasteiger partial charge in [-0.25, -0.2) is 0 Å². The SMILES string of the molecule is CN(C)C1=C(c2ccc3oc4ccc(N)cc4c3c2)C(n2c3ccccc3c3ccccc32)CC=C1. The molecule has 6 aromatic rings. The first kappa shape index (κ1) is 20.9. The molecular formula is C32H27N3O. The average molecular weight is 470 g/mol. The molecular weight excluding hydrogens is 442 g/mol. The van der Waals surface area contributed by atoms with Crippen LogP contribution in [-0.2, 0) is 0 Å². The zero-order valence-corrected chi connectivity index (χ0v) is 20.4. The number of para-hydroxylation sites is 2. The Hall–Kier alpha value is -4.44. The molecule has 1 unspecified atom stereocenters. The van der Waals surface area contributed by atoms with Gasteiger partial charge in [0.15, 0.2) is 0 Å². The van der Waals surface area contributed by atoms with Crippen LogP contribution in [0.25, 0.3) is 49.3 Å². The monoisotopic (exact) mass is 469 g/mol. The fourth-order valence-corrected chi connectivity index (χ4v) is 5.90. The van der Waals surface area contributed by atoms with E-state index in [2.05, 4.69) is 102 Å². The van der Waals surface area contributed by atoms with Crippen molar-refractivity contribution in [3.63, 3.8) is 0 Å². The Morgan fingerprint density at radius 2 is 1.42 bits per heavy atom. The highest BCUT2D eigenvalue weighted by atomic mass is 16.3. The van der Waals surface area contributed by atoms with Gasteiger partial charge in [0, 0.05) is 63.6 Å². The number of aromatic nitrogens is 1. The number of hydrogen-bond acceptors (Lipinski definition) is 3. The summed E-state index contributed by atoms with van der Waals surface area (Å²) >= 11 is 0. The molecule has 36 heavy (non-hydrogen) atoms. The highest BCUT2D eigenvalue weighted by molar-refractivity contribution is 6.09. The number of fused-ring (bicyclic) bond motifs is 6. The molecule has 0 amide bonds. The van der Waals surface area contributed by atoms with Gasteiger partial charge in [-0.15, -0.1) is 0 Å². The number of hydrogen-bond donors (Lipinski definition) is 1. The van der Waals surface area contributed by atoms with Gasteiger partial charge in [-0.2, -0.15) is 0 Å². The van der Waals surface area contributed by atoms with Crippen molar-refractivity contribution in [3.05, 3.63) is 108 Å². The van der Waals surface area contributed by atoms with Crippen molar-refractivity contribution in [3.8, 4) is 0 Å². The van der Waals surface area contributed by atoms with Crippen LogP contribution in [0.4, 0.5) is 5.69 Å². The second-order valence-electron chi connectivity index (χ2n) is 9.82. The number of nitrogens with two attached hydrogens (primary N) is 1. The van der Waals surface area contributed by atoms with Crippen molar-refractivity contribution < 1.29 is 4.42 Å². The Bertz CT molecular complexity index is 1810. The quantitative estimate of drug-likeness (QED) is 0.270. The van der Waals surface area contributed by atoms with Gasteiger partial charge in [0.25, 0.3) is 0 Å². The van der Waals surface area contributed by atoms with Crippen molar-refractivity contribution in [2.75, 3.05) is 19.8 Å². The first-order chi connectivity index (χ1) is 17.6. The van der Waals surface area contributed by atoms with Gasteiger partial charge in [0.1, 0.15) is 11.2 Å². The molecule has 7 rings (SSSR count). The van der Waals surface area contributed by atoms with Crippen molar-refractivity contribution in [1.82, 2.24) is 9.47 Å². The number of nitrogen functional groups attached to an aromatic ring is 1. The third kappa shape index (κ3) is 3.01. The lowest BCUT2D eigenvalue weighted by atomic mass is 9.88. The molecule has 0 spiro atoms. The van der Waals surface area contributed by atoms with Crippen LogP contribution in [0.2, 0.25) is 0 Å². The van der Waals surface area contributed by atoms with Crippen LogP contribution in [0, 0.1) is 0 Å². The summed E-state index contributed by atoms with van der Waals surface area (Å²) in [7, 11) is 4.25. The van der Waals surface area contributed by atoms with Gasteiger partial charge in [-0.1, -0.05) is 48.5 Å². The van der Waals surface area contributed by atoms with Gasteiger partial charge in [-0.3, -0.25) is 0 Å². The molecule has 1 aliphatic carbocycles. The maximum absolute atomic E-state index is 6.14. The van der Waals surface area contributed by atoms with E-state index < -0.39 is 0 Å². The summed E-state index contributed by atoms with van der Waals surface area (Å²) in [5.74, 6) is 0. The Labute approximate surface area is 209 Å². The van der Waals surface area contributed by atoms with Crippen LogP contribution in [0.15, 0.2) is 107 Å². The molecule has 0 bridgehead atoms. The first-order valence-electron chi connectivity index (χ1n) is 12.4. The molecule has 0 fully saturated rings. The molecule has 0 saturated heterocycles. The minimum atomic E-state index is 0.151. The van der Waals surface area contributed by atoms with E-state index in [-0.39, 0.29) is 6.04 Å². The van der Waals surface area contributed by atoms with E-state index in [1.807, 2.05) is 18.2 Å². The largest absolute Gasteiger partial charge is 0.456 e. The Morgan fingerprint density at radius 3 is 2.11 bits per heavy atom. The van der Waals surface area contributed by atoms with Gasteiger partial charge >= 0.3 is 0 Å². The van der Waals surface area contributed by atoms with Gasteiger partial charge in [-0.05, 0) is 60.5 Å². The van der Waals surface area contributed by atoms with E-state index in [9.17, 15) is 0 Å². The molecule has 2 heterocycles. The second-order valence-corrected chi connectivity index (χ2v) is 9.82. The van der Waals surface area contributed by atoms with Crippen LogP contribution in [-0.4, -0.2) is 23.6 Å². The lowest BCUT2D eigenvalue weighted by molar-refractivity contribution is 0.515. The summed E-state index contributed by atoms with van der Waals surface area (Å²) in [5.41, 5.74) is 14.9. The number of allylic oxidation sites excluding steroid dienone is 3. The Balaban J connectivity index is 1.52. The lowest BCUT2D eigenvalue weighted by Gasteiger charge is -2.31. The van der Waals surface area contributed by atoms with Crippen molar-refractivity contribution in [2.24, 2.45) is 0 Å². The zero-order chi connectivity index (χ0) is 24.4. The number of anilines is 1. The normalized spacial score (nSPS) is 16.1. The maximum Gasteiger partial charge on any atom is 0.135 e. The number of nitrogens with zero attached hydrogens (tertiary/aromatic N) is 2. The van der Waals surface area contributed by atoms with Crippen molar-refractivity contribution >= 4 is 55.0 Å². The molecule has 0 radical (unpaired) electrons. The summed E-state index contributed by atoms with van der Waals surface area (Å²) in [6, 6.07) is 30.1. The first-order valence-corrected chi connectivity index (χ1v) is 12.4.